The first kappa shape index (κ1) is 50.1. The summed E-state index contributed by atoms with van der Waals surface area (Å²) in [6.07, 6.45) is -0.453. The molecule has 15 nitrogen and oxygen atoms in total. The number of nitrogens with one attached hydrogen (secondary N) is 1. The number of carbonyl (C=O) groups excluding carboxylic acids is 1. The summed E-state index contributed by atoms with van der Waals surface area (Å²) < 4.78 is 71.8. The second-order valence-corrected chi connectivity index (χ2v) is 13.5. The Morgan fingerprint density at radius 3 is 1.07 bits per heavy atom. The maximum absolute atomic E-state index is 12.3. The van der Waals surface area contributed by atoms with Gasteiger partial charge >= 0.3 is 6.09 Å². The van der Waals surface area contributed by atoms with Gasteiger partial charge in [0.2, 0.25) is 0 Å². The average molecular weight is 858 g/mol. The largest absolute Gasteiger partial charge is 0.449 e. The molecule has 3 aromatic rings. The van der Waals surface area contributed by atoms with Crippen LogP contribution in [0.2, 0.25) is 0 Å². The number of hydrogen-bond donors (Lipinski definition) is 1. The van der Waals surface area contributed by atoms with Crippen molar-refractivity contribution in [2.45, 2.75) is 12.5 Å². The normalized spacial score (nSPS) is 12.1. The van der Waals surface area contributed by atoms with E-state index in [1.54, 1.807) is 0 Å². The highest BCUT2D eigenvalue weighted by Gasteiger charge is 2.29. The van der Waals surface area contributed by atoms with Gasteiger partial charge in [0, 0.05) is 12.5 Å². The Kier molecular flexibility index (Phi) is 28.7. The van der Waals surface area contributed by atoms with Crippen molar-refractivity contribution in [3.05, 3.63) is 95.6 Å². The predicted molar refractivity (Wildman–Crippen MR) is 228 cm³/mol. The molecule has 0 saturated heterocycles. The third-order valence-electron chi connectivity index (χ3n) is 9.06. The minimum Gasteiger partial charge on any atom is -0.449 e. The maximum atomic E-state index is 12.3. The van der Waals surface area contributed by atoms with E-state index in [0.717, 1.165) is 5.56 Å². The lowest BCUT2D eigenvalue weighted by Gasteiger charge is -2.14. The molecule has 1 aliphatic carbocycles. The highest BCUT2D eigenvalue weighted by molar-refractivity contribution is 5.79. The van der Waals surface area contributed by atoms with E-state index in [1.165, 1.54) is 22.3 Å². The number of ether oxygens (including phenoxy) is 13. The number of carbonyl (C=O) groups is 1. The molecule has 0 fully saturated rings. The first-order valence-electron chi connectivity index (χ1n) is 21.4. The molecule has 0 radical (unpaired) electrons. The molecule has 1 aliphatic rings. The minimum absolute atomic E-state index is 0.0345. The highest BCUT2D eigenvalue weighted by atomic mass is 16.6. The summed E-state index contributed by atoms with van der Waals surface area (Å²) in [6, 6.07) is 26.6. The Balaban J connectivity index is 0.760. The number of rotatable bonds is 40. The number of benzene rings is 3. The standard InChI is InChI=1S/C46H67NO14/c48-46(61-39-45-43-12-6-4-10-41(43)42-11-5-7-13-44(42)45)47-14-15-49-16-17-50-18-19-51-20-21-52-22-23-53-24-25-54-26-27-55-28-29-56-30-31-57-32-33-58-34-35-59-36-37-60-38-40-8-2-1-3-9-40/h1-13,45H,14-39H2,(H,47,48). The summed E-state index contributed by atoms with van der Waals surface area (Å²) in [4.78, 5) is 12.3. The summed E-state index contributed by atoms with van der Waals surface area (Å²) in [5, 5.41) is 2.75. The van der Waals surface area contributed by atoms with Gasteiger partial charge in [-0.2, -0.15) is 0 Å². The lowest BCUT2D eigenvalue weighted by atomic mass is 9.98. The van der Waals surface area contributed by atoms with E-state index in [-0.39, 0.29) is 12.5 Å². The Bertz CT molecular complexity index is 1460. The summed E-state index contributed by atoms with van der Waals surface area (Å²) in [6.45, 7) is 12.5. The molecule has 1 amide bonds. The van der Waals surface area contributed by atoms with Crippen LogP contribution in [0, 0.1) is 0 Å². The van der Waals surface area contributed by atoms with Crippen molar-refractivity contribution < 1.29 is 66.4 Å². The number of alkyl carbamates (subject to hydrolysis) is 1. The molecule has 0 aromatic heterocycles. The monoisotopic (exact) mass is 857 g/mol. The first-order valence-corrected chi connectivity index (χ1v) is 21.4. The second kappa shape index (κ2) is 35.0. The van der Waals surface area contributed by atoms with Crippen LogP contribution < -0.4 is 5.32 Å². The Morgan fingerprint density at radius 1 is 0.377 bits per heavy atom. The quantitative estimate of drug-likeness (QED) is 0.0772. The summed E-state index contributed by atoms with van der Waals surface area (Å²) in [5.74, 6) is 0.0345. The fraction of sp³-hybridized carbons (Fsp3) is 0.587. The number of hydrogen-bond acceptors (Lipinski definition) is 14. The Hall–Kier alpha value is -3.55. The van der Waals surface area contributed by atoms with E-state index in [1.807, 2.05) is 54.6 Å². The molecule has 3 aromatic carbocycles. The van der Waals surface area contributed by atoms with Crippen LogP contribution in [0.25, 0.3) is 11.1 Å². The van der Waals surface area contributed by atoms with Crippen LogP contribution in [0.3, 0.4) is 0 Å². The summed E-state index contributed by atoms with van der Waals surface area (Å²) in [5.41, 5.74) is 5.92. The Morgan fingerprint density at radius 2 is 0.689 bits per heavy atom. The third kappa shape index (κ3) is 23.5. The second-order valence-electron chi connectivity index (χ2n) is 13.5. The summed E-state index contributed by atoms with van der Waals surface area (Å²) in [7, 11) is 0. The van der Waals surface area contributed by atoms with Gasteiger partial charge in [-0.25, -0.2) is 4.79 Å². The van der Waals surface area contributed by atoms with E-state index >= 15 is 0 Å². The van der Waals surface area contributed by atoms with Gasteiger partial charge in [0.1, 0.15) is 6.61 Å². The van der Waals surface area contributed by atoms with Gasteiger partial charge in [0.05, 0.1) is 159 Å². The van der Waals surface area contributed by atoms with E-state index in [4.69, 9.17) is 61.6 Å². The highest BCUT2D eigenvalue weighted by Crippen LogP contribution is 2.44. The zero-order valence-electron chi connectivity index (χ0n) is 35.7. The Labute approximate surface area is 361 Å². The van der Waals surface area contributed by atoms with Crippen LogP contribution in [0.15, 0.2) is 78.9 Å². The van der Waals surface area contributed by atoms with Gasteiger partial charge in [-0.05, 0) is 27.8 Å². The predicted octanol–water partition coefficient (Wildman–Crippen LogP) is 4.92. The van der Waals surface area contributed by atoms with E-state index in [2.05, 4.69) is 29.6 Å². The molecule has 0 unspecified atom stereocenters. The van der Waals surface area contributed by atoms with Crippen LogP contribution >= 0.6 is 0 Å². The molecule has 61 heavy (non-hydrogen) atoms. The van der Waals surface area contributed by atoms with Crippen molar-refractivity contribution in [3.8, 4) is 11.1 Å². The lowest BCUT2D eigenvalue weighted by molar-refractivity contribution is -0.0285. The molecule has 0 atom stereocenters. The molecule has 0 heterocycles. The zero-order chi connectivity index (χ0) is 42.5. The van der Waals surface area contributed by atoms with Crippen molar-refractivity contribution in [1.29, 1.82) is 0 Å². The average Bonchev–Trinajstić information content (AvgIpc) is 3.61. The van der Waals surface area contributed by atoms with Crippen LogP contribution in [0.5, 0.6) is 0 Å². The van der Waals surface area contributed by atoms with Crippen molar-refractivity contribution >= 4 is 6.09 Å². The van der Waals surface area contributed by atoms with E-state index in [0.29, 0.717) is 165 Å². The number of amides is 1. The van der Waals surface area contributed by atoms with Crippen molar-refractivity contribution in [3.63, 3.8) is 0 Å². The van der Waals surface area contributed by atoms with Gasteiger partial charge in [0.15, 0.2) is 0 Å². The van der Waals surface area contributed by atoms with Gasteiger partial charge in [0.25, 0.3) is 0 Å². The van der Waals surface area contributed by atoms with E-state index in [9.17, 15) is 4.79 Å². The van der Waals surface area contributed by atoms with Crippen LogP contribution in [0.4, 0.5) is 4.79 Å². The molecule has 0 saturated carbocycles. The maximum Gasteiger partial charge on any atom is 0.407 e. The van der Waals surface area contributed by atoms with Crippen molar-refractivity contribution in [1.82, 2.24) is 5.32 Å². The molecular weight excluding hydrogens is 790 g/mol. The molecule has 4 rings (SSSR count). The van der Waals surface area contributed by atoms with Gasteiger partial charge in [-0.3, -0.25) is 0 Å². The molecule has 340 valence electrons. The number of fused-ring (bicyclic) bond motifs is 3. The zero-order valence-corrected chi connectivity index (χ0v) is 35.7. The topological polar surface area (TPSA) is 149 Å². The molecule has 0 spiro atoms. The van der Waals surface area contributed by atoms with Crippen molar-refractivity contribution in [2.24, 2.45) is 0 Å². The SMILES string of the molecule is O=C(NCCOCCOCCOCCOCCOCCOCCOCCOCCOCCOCCOCCOCc1ccccc1)OCC1c2ccccc2-c2ccccc21. The van der Waals surface area contributed by atoms with Crippen LogP contribution in [-0.4, -0.2) is 171 Å². The molecule has 0 bridgehead atoms. The smallest absolute Gasteiger partial charge is 0.407 e. The first-order chi connectivity index (χ1) is 30.3. The fourth-order valence-electron chi connectivity index (χ4n) is 6.06. The van der Waals surface area contributed by atoms with E-state index < -0.39 is 6.09 Å². The van der Waals surface area contributed by atoms with Gasteiger partial charge in [-0.1, -0.05) is 78.9 Å². The minimum atomic E-state index is -0.453. The molecule has 1 N–H and O–H groups in total. The summed E-state index contributed by atoms with van der Waals surface area (Å²) >= 11 is 0. The van der Waals surface area contributed by atoms with Crippen LogP contribution in [0.1, 0.15) is 22.6 Å². The lowest BCUT2D eigenvalue weighted by Crippen LogP contribution is -2.29. The van der Waals surface area contributed by atoms with Gasteiger partial charge in [-0.15, -0.1) is 0 Å². The third-order valence-corrected chi connectivity index (χ3v) is 9.06. The van der Waals surface area contributed by atoms with Crippen molar-refractivity contribution in [2.75, 3.05) is 165 Å². The van der Waals surface area contributed by atoms with Gasteiger partial charge < -0.3 is 66.9 Å². The fourth-order valence-corrected chi connectivity index (χ4v) is 6.06. The molecule has 15 heteroatoms. The van der Waals surface area contributed by atoms with Crippen LogP contribution in [-0.2, 0) is 68.2 Å². The molecular formula is C46H67NO14. The molecule has 0 aliphatic heterocycles.